The van der Waals surface area contributed by atoms with Crippen LogP contribution < -0.4 is 0 Å². The van der Waals surface area contributed by atoms with Gasteiger partial charge in [-0.25, -0.2) is 4.98 Å². The molecule has 0 unspecified atom stereocenters. The molecule has 8 aromatic carbocycles. The van der Waals surface area contributed by atoms with Crippen molar-refractivity contribution in [1.82, 2.24) is 13.9 Å². The van der Waals surface area contributed by atoms with Gasteiger partial charge in [-0.1, -0.05) is 133 Å². The first-order chi connectivity index (χ1) is 23.8. The first kappa shape index (κ1) is 27.1. The molecule has 0 atom stereocenters. The second kappa shape index (κ2) is 10.7. The predicted octanol–water partition coefficient (Wildman–Crippen LogP) is 12.1. The summed E-state index contributed by atoms with van der Waals surface area (Å²) in [5, 5.41) is 10.7. The van der Waals surface area contributed by atoms with Gasteiger partial charge < -0.3 is 4.57 Å². The van der Waals surface area contributed by atoms with Crippen molar-refractivity contribution < 1.29 is 0 Å². The van der Waals surface area contributed by atoms with Gasteiger partial charge in [-0.15, -0.1) is 0 Å². The van der Waals surface area contributed by atoms with Crippen LogP contribution in [0.1, 0.15) is 0 Å². The Morgan fingerprint density at radius 3 is 2.00 bits per heavy atom. The zero-order chi connectivity index (χ0) is 31.6. The molecule has 224 valence electrons. The summed E-state index contributed by atoms with van der Waals surface area (Å²) in [4.78, 5) is 5.12. The van der Waals surface area contributed by atoms with E-state index in [0.29, 0.717) is 0 Å². The Balaban J connectivity index is 1.10. The van der Waals surface area contributed by atoms with Gasteiger partial charge in [-0.3, -0.25) is 0 Å². The normalized spacial score (nSPS) is 11.8. The molecule has 0 saturated heterocycles. The van der Waals surface area contributed by atoms with Crippen LogP contribution in [0.2, 0.25) is 0 Å². The van der Waals surface area contributed by atoms with Crippen LogP contribution in [0.5, 0.6) is 0 Å². The summed E-state index contributed by atoms with van der Waals surface area (Å²) < 4.78 is 7.27. The minimum Gasteiger partial charge on any atom is -0.309 e. The van der Waals surface area contributed by atoms with Crippen molar-refractivity contribution in [3.63, 3.8) is 0 Å². The van der Waals surface area contributed by atoms with E-state index in [1.165, 1.54) is 76.8 Å². The molecule has 0 aliphatic heterocycles. The molecule has 0 saturated carbocycles. The Bertz CT molecular complexity index is 2850. The fraction of sp³-hybridized carbons (Fsp3) is 0. The second-order valence-electron chi connectivity index (χ2n) is 12.3. The minimum absolute atomic E-state index is 0.764. The standard InChI is InChI=1S/C44H27N3S/c1-3-16-34-28(10-1)12-8-19-35(34)31-24-25-41-39(27-31)37-18-5-6-21-40(37)47(41)33-15-7-14-32(26-33)44-45-43(46-48-44)38-20-9-13-30-23-22-29-11-2-4-17-36(29)42(30)38/h1-27H. The second-order valence-corrected chi connectivity index (χ2v) is 13.0. The third-order valence-electron chi connectivity index (χ3n) is 9.56. The van der Waals surface area contributed by atoms with Crippen molar-refractivity contribution in [2.75, 3.05) is 0 Å². The number of hydrogen-bond acceptors (Lipinski definition) is 3. The van der Waals surface area contributed by atoms with Gasteiger partial charge >= 0.3 is 0 Å². The molecule has 0 amide bonds. The van der Waals surface area contributed by atoms with E-state index in [9.17, 15) is 0 Å². The summed E-state index contributed by atoms with van der Waals surface area (Å²) in [5.41, 5.74) is 8.05. The van der Waals surface area contributed by atoms with Gasteiger partial charge in [0.15, 0.2) is 5.82 Å². The van der Waals surface area contributed by atoms with Gasteiger partial charge in [0.1, 0.15) is 5.01 Å². The van der Waals surface area contributed by atoms with E-state index < -0.39 is 0 Å². The topological polar surface area (TPSA) is 30.7 Å². The van der Waals surface area contributed by atoms with E-state index in [4.69, 9.17) is 9.36 Å². The van der Waals surface area contributed by atoms with Crippen LogP contribution in [-0.2, 0) is 0 Å². The van der Waals surface area contributed by atoms with Crippen molar-refractivity contribution in [2.45, 2.75) is 0 Å². The van der Waals surface area contributed by atoms with Crippen LogP contribution in [0.25, 0.3) is 92.9 Å². The highest BCUT2D eigenvalue weighted by Gasteiger charge is 2.17. The molecule has 2 aromatic heterocycles. The first-order valence-corrected chi connectivity index (χ1v) is 16.9. The van der Waals surface area contributed by atoms with Crippen LogP contribution in [0.3, 0.4) is 0 Å². The van der Waals surface area contributed by atoms with Crippen molar-refractivity contribution in [3.05, 3.63) is 164 Å². The lowest BCUT2D eigenvalue weighted by molar-refractivity contribution is 1.18. The van der Waals surface area contributed by atoms with Gasteiger partial charge in [0.25, 0.3) is 0 Å². The zero-order valence-electron chi connectivity index (χ0n) is 25.8. The van der Waals surface area contributed by atoms with Crippen LogP contribution in [0, 0.1) is 0 Å². The fourth-order valence-corrected chi connectivity index (χ4v) is 8.04. The van der Waals surface area contributed by atoms with Crippen LogP contribution in [0.4, 0.5) is 0 Å². The van der Waals surface area contributed by atoms with Crippen LogP contribution in [0.15, 0.2) is 164 Å². The lowest BCUT2D eigenvalue weighted by Crippen LogP contribution is -1.94. The van der Waals surface area contributed by atoms with Gasteiger partial charge in [-0.2, -0.15) is 4.37 Å². The molecule has 0 aliphatic carbocycles. The monoisotopic (exact) mass is 629 g/mol. The SMILES string of the molecule is c1cc(-c2nc(-c3cccc4ccc5ccccc5c34)ns2)cc(-n2c3ccccc3c3cc(-c4cccc5ccccc45)ccc32)c1. The summed E-state index contributed by atoms with van der Waals surface area (Å²) in [6, 6.07) is 58.8. The van der Waals surface area contributed by atoms with Gasteiger partial charge in [0.2, 0.25) is 0 Å². The molecule has 0 aliphatic rings. The summed E-state index contributed by atoms with van der Waals surface area (Å²) in [6.07, 6.45) is 0. The molecular formula is C44H27N3S. The number of aromatic nitrogens is 3. The molecule has 4 heteroatoms. The largest absolute Gasteiger partial charge is 0.309 e. The summed E-state index contributed by atoms with van der Waals surface area (Å²) in [5.74, 6) is 0.764. The smallest absolute Gasteiger partial charge is 0.174 e. The van der Waals surface area contributed by atoms with Crippen molar-refractivity contribution >= 4 is 65.7 Å². The maximum absolute atomic E-state index is 5.12. The fourth-order valence-electron chi connectivity index (χ4n) is 7.37. The summed E-state index contributed by atoms with van der Waals surface area (Å²) in [7, 11) is 0. The molecule has 10 rings (SSSR count). The van der Waals surface area contributed by atoms with E-state index in [1.54, 1.807) is 0 Å². The van der Waals surface area contributed by atoms with Crippen LogP contribution >= 0.6 is 11.5 Å². The molecule has 0 N–H and O–H groups in total. The maximum atomic E-state index is 5.12. The Labute approximate surface area is 281 Å². The molecule has 0 spiro atoms. The highest BCUT2D eigenvalue weighted by molar-refractivity contribution is 7.09. The van der Waals surface area contributed by atoms with Crippen molar-refractivity contribution in [3.8, 4) is 38.8 Å². The average Bonchev–Trinajstić information content (AvgIpc) is 3.78. The molecule has 0 fully saturated rings. The number of nitrogens with zero attached hydrogens (tertiary/aromatic N) is 3. The average molecular weight is 630 g/mol. The van der Waals surface area contributed by atoms with Crippen molar-refractivity contribution in [1.29, 1.82) is 0 Å². The number of hydrogen-bond donors (Lipinski definition) is 0. The molecule has 48 heavy (non-hydrogen) atoms. The van der Waals surface area contributed by atoms with E-state index in [-0.39, 0.29) is 0 Å². The summed E-state index contributed by atoms with van der Waals surface area (Å²) in [6.45, 7) is 0. The van der Waals surface area contributed by atoms with E-state index in [0.717, 1.165) is 27.6 Å². The lowest BCUT2D eigenvalue weighted by atomic mass is 9.97. The lowest BCUT2D eigenvalue weighted by Gasteiger charge is -2.10. The Morgan fingerprint density at radius 1 is 0.438 bits per heavy atom. The number of para-hydroxylation sites is 1. The maximum Gasteiger partial charge on any atom is 0.174 e. The third kappa shape index (κ3) is 4.20. The first-order valence-electron chi connectivity index (χ1n) is 16.2. The summed E-state index contributed by atoms with van der Waals surface area (Å²) >= 11 is 1.45. The Morgan fingerprint density at radius 2 is 1.10 bits per heavy atom. The molecule has 10 aromatic rings. The molecule has 0 bridgehead atoms. The van der Waals surface area contributed by atoms with Crippen molar-refractivity contribution in [2.24, 2.45) is 0 Å². The third-order valence-corrected chi connectivity index (χ3v) is 10.3. The molecule has 2 heterocycles. The molecule has 0 radical (unpaired) electrons. The number of rotatable bonds is 4. The molecule has 3 nitrogen and oxygen atoms in total. The van der Waals surface area contributed by atoms with Crippen LogP contribution in [-0.4, -0.2) is 13.9 Å². The number of benzene rings is 8. The predicted molar refractivity (Wildman–Crippen MR) is 203 cm³/mol. The highest BCUT2D eigenvalue weighted by atomic mass is 32.1. The minimum atomic E-state index is 0.764. The van der Waals surface area contributed by atoms with E-state index in [1.807, 2.05) is 0 Å². The quantitative estimate of drug-likeness (QED) is 0.181. The Hall–Kier alpha value is -6.10. The van der Waals surface area contributed by atoms with Gasteiger partial charge in [0.05, 0.1) is 11.0 Å². The van der Waals surface area contributed by atoms with E-state index in [2.05, 4.69) is 168 Å². The molecular weight excluding hydrogens is 603 g/mol. The highest BCUT2D eigenvalue weighted by Crippen LogP contribution is 2.39. The Kier molecular flexibility index (Phi) is 6.05. The number of fused-ring (bicyclic) bond motifs is 7. The van der Waals surface area contributed by atoms with Gasteiger partial charge in [0, 0.05) is 33.0 Å². The zero-order valence-corrected chi connectivity index (χ0v) is 26.7. The van der Waals surface area contributed by atoms with E-state index >= 15 is 0 Å². The van der Waals surface area contributed by atoms with Gasteiger partial charge in [-0.05, 0) is 79.9 Å².